The molecule has 0 aliphatic rings. The largest absolute Gasteiger partial charge is 0.398 e. The highest BCUT2D eigenvalue weighted by molar-refractivity contribution is 6.00. The highest BCUT2D eigenvalue weighted by Gasteiger charge is 2.05. The number of aryl methyl sites for hydroxylation is 1. The third kappa shape index (κ3) is 2.94. The Morgan fingerprint density at radius 3 is 2.71 bits per heavy atom. The Balaban J connectivity index is 1.81. The smallest absolute Gasteiger partial charge is 0.0422 e. The van der Waals surface area contributed by atoms with Crippen molar-refractivity contribution in [2.45, 2.75) is 13.3 Å². The van der Waals surface area contributed by atoms with E-state index in [1.165, 1.54) is 5.56 Å². The molecule has 0 atom stereocenters. The van der Waals surface area contributed by atoms with Gasteiger partial charge in [-0.2, -0.15) is 0 Å². The number of rotatable bonds is 4. The maximum atomic E-state index is 6.02. The van der Waals surface area contributed by atoms with Gasteiger partial charge in [-0.1, -0.05) is 0 Å². The Morgan fingerprint density at radius 2 is 1.90 bits per heavy atom. The molecular weight excluding hydrogens is 260 g/mol. The Morgan fingerprint density at radius 1 is 1.10 bits per heavy atom. The van der Waals surface area contributed by atoms with E-state index in [1.54, 1.807) is 0 Å². The van der Waals surface area contributed by atoms with E-state index in [4.69, 9.17) is 5.73 Å². The minimum atomic E-state index is 0.761. The predicted molar refractivity (Wildman–Crippen MR) is 87.3 cm³/mol. The number of aromatic nitrogens is 2. The van der Waals surface area contributed by atoms with Gasteiger partial charge in [0.1, 0.15) is 0 Å². The number of fused-ring (bicyclic) bond motifs is 1. The van der Waals surface area contributed by atoms with Gasteiger partial charge >= 0.3 is 0 Å². The first-order valence-electron chi connectivity index (χ1n) is 7.01. The average Bonchev–Trinajstić information content (AvgIpc) is 2.50. The van der Waals surface area contributed by atoms with Crippen molar-refractivity contribution in [2.75, 3.05) is 17.6 Å². The summed E-state index contributed by atoms with van der Waals surface area (Å²) < 4.78 is 0. The Bertz CT molecular complexity index is 753. The van der Waals surface area contributed by atoms with E-state index < -0.39 is 0 Å². The summed E-state index contributed by atoms with van der Waals surface area (Å²) in [4.78, 5) is 8.35. The number of pyridine rings is 2. The molecule has 0 radical (unpaired) electrons. The average molecular weight is 278 g/mol. The van der Waals surface area contributed by atoms with Crippen LogP contribution in [0.25, 0.3) is 10.8 Å². The van der Waals surface area contributed by atoms with Crippen LogP contribution in [0.4, 0.5) is 11.4 Å². The molecule has 106 valence electrons. The standard InChI is InChI=1S/C17H18N4/c1-12-10-14-15(11-21-12)16(18)2-3-17(14)20-9-6-13-4-7-19-8-5-13/h2-5,7-8,10-11,20H,6,9,18H2,1H3. The summed E-state index contributed by atoms with van der Waals surface area (Å²) in [6.07, 6.45) is 6.44. The number of nitrogens with two attached hydrogens (primary N) is 1. The van der Waals surface area contributed by atoms with Crippen molar-refractivity contribution in [3.63, 3.8) is 0 Å². The number of hydrogen-bond acceptors (Lipinski definition) is 4. The third-order valence-corrected chi connectivity index (χ3v) is 3.55. The van der Waals surface area contributed by atoms with Crippen molar-refractivity contribution in [1.29, 1.82) is 0 Å². The first kappa shape index (κ1) is 13.4. The molecule has 0 spiro atoms. The fourth-order valence-corrected chi connectivity index (χ4v) is 2.41. The van der Waals surface area contributed by atoms with Crippen molar-refractivity contribution >= 4 is 22.1 Å². The molecule has 4 heteroatoms. The van der Waals surface area contributed by atoms with Crippen LogP contribution in [0.3, 0.4) is 0 Å². The second kappa shape index (κ2) is 5.79. The van der Waals surface area contributed by atoms with Gasteiger partial charge in [0.05, 0.1) is 0 Å². The fraction of sp³-hybridized carbons (Fsp3) is 0.176. The molecule has 0 aliphatic heterocycles. The number of hydrogen-bond donors (Lipinski definition) is 2. The highest BCUT2D eigenvalue weighted by atomic mass is 14.9. The molecule has 0 aliphatic carbocycles. The molecule has 0 amide bonds. The van der Waals surface area contributed by atoms with Gasteiger partial charge < -0.3 is 11.1 Å². The summed E-state index contributed by atoms with van der Waals surface area (Å²) >= 11 is 0. The zero-order valence-electron chi connectivity index (χ0n) is 12.0. The van der Waals surface area contributed by atoms with Crippen molar-refractivity contribution in [2.24, 2.45) is 0 Å². The highest BCUT2D eigenvalue weighted by Crippen LogP contribution is 2.28. The van der Waals surface area contributed by atoms with Gasteiger partial charge in [0, 0.05) is 53.0 Å². The van der Waals surface area contributed by atoms with Crippen LogP contribution in [-0.4, -0.2) is 16.5 Å². The Kier molecular flexibility index (Phi) is 3.69. The molecule has 1 aromatic carbocycles. The van der Waals surface area contributed by atoms with Gasteiger partial charge in [-0.05, 0) is 49.2 Å². The Labute approximate surface area is 124 Å². The van der Waals surface area contributed by atoms with Gasteiger partial charge in [0.25, 0.3) is 0 Å². The minimum Gasteiger partial charge on any atom is -0.398 e. The summed E-state index contributed by atoms with van der Waals surface area (Å²) in [6, 6.07) is 10.1. The van der Waals surface area contributed by atoms with Gasteiger partial charge in [-0.3, -0.25) is 9.97 Å². The molecule has 21 heavy (non-hydrogen) atoms. The minimum absolute atomic E-state index is 0.761. The Hall–Kier alpha value is -2.62. The fourth-order valence-electron chi connectivity index (χ4n) is 2.41. The number of benzene rings is 1. The molecule has 3 aromatic rings. The molecular formula is C17H18N4. The lowest BCUT2D eigenvalue weighted by molar-refractivity contribution is 1.01. The lowest BCUT2D eigenvalue weighted by Gasteiger charge is -2.12. The van der Waals surface area contributed by atoms with E-state index in [9.17, 15) is 0 Å². The van der Waals surface area contributed by atoms with Crippen LogP contribution in [0.5, 0.6) is 0 Å². The predicted octanol–water partition coefficient (Wildman–Crippen LogP) is 3.18. The molecule has 0 saturated heterocycles. The van der Waals surface area contributed by atoms with Crippen molar-refractivity contribution in [1.82, 2.24) is 9.97 Å². The summed E-state index contributed by atoms with van der Waals surface area (Å²) in [5.41, 5.74) is 10.1. The first-order valence-corrected chi connectivity index (χ1v) is 7.01. The normalized spacial score (nSPS) is 10.7. The van der Waals surface area contributed by atoms with Crippen LogP contribution < -0.4 is 11.1 Å². The monoisotopic (exact) mass is 278 g/mol. The molecule has 0 saturated carbocycles. The quantitative estimate of drug-likeness (QED) is 0.719. The molecule has 2 aromatic heterocycles. The van der Waals surface area contributed by atoms with Crippen molar-refractivity contribution in [3.05, 3.63) is 60.2 Å². The van der Waals surface area contributed by atoms with Crippen LogP contribution in [0.15, 0.2) is 48.9 Å². The molecule has 0 fully saturated rings. The summed E-state index contributed by atoms with van der Waals surface area (Å²) in [6.45, 7) is 2.85. The van der Waals surface area contributed by atoms with Crippen LogP contribution in [0, 0.1) is 6.92 Å². The summed E-state index contributed by atoms with van der Waals surface area (Å²) in [7, 11) is 0. The maximum absolute atomic E-state index is 6.02. The van der Waals surface area contributed by atoms with E-state index in [2.05, 4.69) is 21.4 Å². The van der Waals surface area contributed by atoms with Crippen LogP contribution in [0.2, 0.25) is 0 Å². The molecule has 0 unspecified atom stereocenters. The second-order valence-corrected chi connectivity index (χ2v) is 5.11. The lowest BCUT2D eigenvalue weighted by Crippen LogP contribution is -2.06. The topological polar surface area (TPSA) is 63.8 Å². The number of anilines is 2. The van der Waals surface area contributed by atoms with Gasteiger partial charge in [-0.15, -0.1) is 0 Å². The van der Waals surface area contributed by atoms with E-state index in [0.717, 1.165) is 40.8 Å². The van der Waals surface area contributed by atoms with E-state index in [1.807, 2.05) is 49.8 Å². The van der Waals surface area contributed by atoms with E-state index in [0.29, 0.717) is 0 Å². The van der Waals surface area contributed by atoms with Crippen LogP contribution in [0.1, 0.15) is 11.3 Å². The molecule has 0 bridgehead atoms. The van der Waals surface area contributed by atoms with Gasteiger partial charge in [0.2, 0.25) is 0 Å². The van der Waals surface area contributed by atoms with E-state index in [-0.39, 0.29) is 0 Å². The SMILES string of the molecule is Cc1cc2c(NCCc3ccncc3)ccc(N)c2cn1. The maximum Gasteiger partial charge on any atom is 0.0422 e. The number of nitrogens with zero attached hydrogens (tertiary/aromatic N) is 2. The van der Waals surface area contributed by atoms with Gasteiger partial charge in [0.15, 0.2) is 0 Å². The van der Waals surface area contributed by atoms with Crippen LogP contribution >= 0.6 is 0 Å². The molecule has 2 heterocycles. The number of nitrogen functional groups attached to an aromatic ring is 1. The summed E-state index contributed by atoms with van der Waals surface area (Å²) in [5.74, 6) is 0. The molecule has 3 N–H and O–H groups in total. The van der Waals surface area contributed by atoms with Crippen LogP contribution in [-0.2, 0) is 6.42 Å². The number of nitrogens with one attached hydrogen (secondary N) is 1. The van der Waals surface area contributed by atoms with Crippen molar-refractivity contribution < 1.29 is 0 Å². The molecule has 3 rings (SSSR count). The molecule has 4 nitrogen and oxygen atoms in total. The summed E-state index contributed by atoms with van der Waals surface area (Å²) in [5, 5.41) is 5.60. The zero-order valence-corrected chi connectivity index (χ0v) is 12.0. The lowest BCUT2D eigenvalue weighted by atomic mass is 10.1. The second-order valence-electron chi connectivity index (χ2n) is 5.11. The third-order valence-electron chi connectivity index (χ3n) is 3.55. The zero-order chi connectivity index (χ0) is 14.7. The van der Waals surface area contributed by atoms with Crippen molar-refractivity contribution in [3.8, 4) is 0 Å². The first-order chi connectivity index (χ1) is 10.2. The van der Waals surface area contributed by atoms with E-state index >= 15 is 0 Å². The van der Waals surface area contributed by atoms with Gasteiger partial charge in [-0.25, -0.2) is 0 Å².